The minimum Gasteiger partial charge on any atom is -0.391 e. The highest BCUT2D eigenvalue weighted by Gasteiger charge is 2.32. The number of sulfonamides is 1. The number of aliphatic hydroxyl groups excluding tert-OH is 1. The number of nitro benzene ring substituents is 1. The van der Waals surface area contributed by atoms with Crippen LogP contribution in [-0.4, -0.2) is 48.0 Å². The van der Waals surface area contributed by atoms with Gasteiger partial charge in [0.15, 0.2) is 0 Å². The molecule has 0 radical (unpaired) electrons. The summed E-state index contributed by atoms with van der Waals surface area (Å²) in [6, 6.07) is 3.59. The zero-order valence-corrected chi connectivity index (χ0v) is 14.7. The van der Waals surface area contributed by atoms with Crippen LogP contribution in [-0.2, 0) is 10.0 Å². The lowest BCUT2D eigenvalue weighted by atomic mass is 9.92. The van der Waals surface area contributed by atoms with E-state index < -0.39 is 21.1 Å². The first-order chi connectivity index (χ1) is 11.9. The van der Waals surface area contributed by atoms with Crippen molar-refractivity contribution >= 4 is 21.4 Å². The fourth-order valence-electron chi connectivity index (χ4n) is 3.50. The highest BCUT2D eigenvalue weighted by molar-refractivity contribution is 7.89. The van der Waals surface area contributed by atoms with Gasteiger partial charge in [-0.2, -0.15) is 4.31 Å². The Balaban J connectivity index is 1.98. The van der Waals surface area contributed by atoms with Crippen LogP contribution in [0.3, 0.4) is 0 Å². The van der Waals surface area contributed by atoms with E-state index in [0.717, 1.165) is 38.2 Å². The minimum absolute atomic E-state index is 0.0821. The van der Waals surface area contributed by atoms with E-state index in [-0.39, 0.29) is 16.6 Å². The van der Waals surface area contributed by atoms with Crippen molar-refractivity contribution in [2.75, 3.05) is 18.4 Å². The van der Waals surface area contributed by atoms with Crippen molar-refractivity contribution in [1.29, 1.82) is 0 Å². The van der Waals surface area contributed by atoms with Gasteiger partial charge in [-0.3, -0.25) is 10.1 Å². The number of nitrogens with zero attached hydrogens (tertiary/aromatic N) is 2. The third-order valence-electron chi connectivity index (χ3n) is 4.93. The molecule has 3 rings (SSSR count). The zero-order chi connectivity index (χ0) is 18.0. The molecule has 1 heterocycles. The summed E-state index contributed by atoms with van der Waals surface area (Å²) in [5.41, 5.74) is 0.0657. The van der Waals surface area contributed by atoms with Crippen LogP contribution in [0.4, 0.5) is 11.4 Å². The third-order valence-corrected chi connectivity index (χ3v) is 6.87. The molecule has 1 aliphatic carbocycles. The van der Waals surface area contributed by atoms with Crippen LogP contribution in [0.15, 0.2) is 23.1 Å². The van der Waals surface area contributed by atoms with E-state index in [1.165, 1.54) is 16.4 Å². The van der Waals surface area contributed by atoms with Crippen LogP contribution >= 0.6 is 0 Å². The van der Waals surface area contributed by atoms with E-state index in [1.807, 2.05) is 0 Å². The molecule has 2 aliphatic rings. The van der Waals surface area contributed by atoms with Crippen molar-refractivity contribution in [1.82, 2.24) is 4.31 Å². The summed E-state index contributed by atoms with van der Waals surface area (Å²) in [5.74, 6) is 0. The molecule has 2 fully saturated rings. The quantitative estimate of drug-likeness (QED) is 0.607. The average molecular weight is 369 g/mol. The van der Waals surface area contributed by atoms with E-state index >= 15 is 0 Å². The van der Waals surface area contributed by atoms with E-state index in [0.29, 0.717) is 25.2 Å². The predicted molar refractivity (Wildman–Crippen MR) is 93.0 cm³/mol. The second-order valence-corrected chi connectivity index (χ2v) is 8.56. The number of benzene rings is 1. The molecule has 1 saturated carbocycles. The molecule has 138 valence electrons. The molecule has 0 unspecified atom stereocenters. The van der Waals surface area contributed by atoms with Gasteiger partial charge in [-0.05, 0) is 31.7 Å². The minimum atomic E-state index is -3.81. The molecule has 0 bridgehead atoms. The van der Waals surface area contributed by atoms with Gasteiger partial charge in [0.2, 0.25) is 10.0 Å². The van der Waals surface area contributed by atoms with Crippen molar-refractivity contribution in [2.45, 2.75) is 55.6 Å². The summed E-state index contributed by atoms with van der Waals surface area (Å²) in [4.78, 5) is 10.4. The second-order valence-electron chi connectivity index (χ2n) is 6.65. The number of aliphatic hydroxyl groups is 1. The summed E-state index contributed by atoms with van der Waals surface area (Å²) in [7, 11) is -3.81. The molecule has 9 heteroatoms. The lowest BCUT2D eigenvalue weighted by Gasteiger charge is -2.30. The number of nitrogens with one attached hydrogen (secondary N) is 1. The van der Waals surface area contributed by atoms with Gasteiger partial charge < -0.3 is 10.4 Å². The highest BCUT2D eigenvalue weighted by atomic mass is 32.2. The summed E-state index contributed by atoms with van der Waals surface area (Å²) >= 11 is 0. The Bertz CT molecular complexity index is 746. The van der Waals surface area contributed by atoms with Gasteiger partial charge >= 0.3 is 0 Å². The smallest absolute Gasteiger partial charge is 0.270 e. The molecule has 0 aromatic heterocycles. The number of nitro groups is 1. The van der Waals surface area contributed by atoms with Gasteiger partial charge in [-0.15, -0.1) is 0 Å². The monoisotopic (exact) mass is 369 g/mol. The van der Waals surface area contributed by atoms with E-state index in [2.05, 4.69) is 5.32 Å². The van der Waals surface area contributed by atoms with Crippen LogP contribution in [0, 0.1) is 10.1 Å². The van der Waals surface area contributed by atoms with Gasteiger partial charge in [0.1, 0.15) is 4.90 Å². The molecule has 1 aliphatic heterocycles. The van der Waals surface area contributed by atoms with Crippen LogP contribution in [0.2, 0.25) is 0 Å². The second kappa shape index (κ2) is 7.27. The number of anilines is 1. The Labute approximate surface area is 147 Å². The molecular weight excluding hydrogens is 346 g/mol. The predicted octanol–water partition coefficient (Wildman–Crippen LogP) is 2.09. The summed E-state index contributed by atoms with van der Waals surface area (Å²) in [6.07, 6.45) is 4.33. The van der Waals surface area contributed by atoms with Gasteiger partial charge in [0, 0.05) is 25.2 Å². The summed E-state index contributed by atoms with van der Waals surface area (Å²) in [5, 5.41) is 24.4. The Morgan fingerprint density at radius 1 is 1.16 bits per heavy atom. The number of rotatable bonds is 5. The Hall–Kier alpha value is -1.71. The first-order valence-corrected chi connectivity index (χ1v) is 10.1. The molecule has 0 amide bonds. The van der Waals surface area contributed by atoms with E-state index in [4.69, 9.17) is 0 Å². The molecule has 25 heavy (non-hydrogen) atoms. The zero-order valence-electron chi connectivity index (χ0n) is 13.9. The maximum atomic E-state index is 13.0. The van der Waals surface area contributed by atoms with Gasteiger partial charge in [0.25, 0.3) is 5.69 Å². The van der Waals surface area contributed by atoms with Crippen LogP contribution in [0.1, 0.15) is 38.5 Å². The van der Waals surface area contributed by atoms with Crippen LogP contribution in [0.5, 0.6) is 0 Å². The largest absolute Gasteiger partial charge is 0.391 e. The maximum Gasteiger partial charge on any atom is 0.270 e. The number of non-ortho nitro benzene ring substituents is 1. The number of hydrogen-bond acceptors (Lipinski definition) is 6. The Kier molecular flexibility index (Phi) is 5.26. The fourth-order valence-corrected chi connectivity index (χ4v) is 5.20. The molecular formula is C16H23N3O5S. The topological polar surface area (TPSA) is 113 Å². The van der Waals surface area contributed by atoms with Crippen molar-refractivity contribution in [2.24, 2.45) is 0 Å². The summed E-state index contributed by atoms with van der Waals surface area (Å²) in [6.45, 7) is 0.854. The molecule has 2 atom stereocenters. The fraction of sp³-hybridized carbons (Fsp3) is 0.625. The number of hydrogen-bond donors (Lipinski definition) is 2. The average Bonchev–Trinajstić information content (AvgIpc) is 3.12. The van der Waals surface area contributed by atoms with Gasteiger partial charge in [-0.25, -0.2) is 8.42 Å². The molecule has 1 aromatic carbocycles. The maximum absolute atomic E-state index is 13.0. The first kappa shape index (κ1) is 18.1. The third kappa shape index (κ3) is 3.78. The van der Waals surface area contributed by atoms with Crippen LogP contribution < -0.4 is 5.32 Å². The normalized spacial score (nSPS) is 25.0. The first-order valence-electron chi connectivity index (χ1n) is 8.63. The van der Waals surface area contributed by atoms with Crippen molar-refractivity contribution < 1.29 is 18.4 Å². The van der Waals surface area contributed by atoms with E-state index in [1.54, 1.807) is 0 Å². The SMILES string of the molecule is O=[N+]([O-])c1ccc(N[C@H]2CCCC[C@@H]2O)c(S(=O)(=O)N2CCCC2)c1. The molecule has 1 aromatic rings. The molecule has 1 saturated heterocycles. The molecule has 8 nitrogen and oxygen atoms in total. The Morgan fingerprint density at radius 3 is 2.48 bits per heavy atom. The van der Waals surface area contributed by atoms with Crippen LogP contribution in [0.25, 0.3) is 0 Å². The standard InChI is InChI=1S/C16H23N3O5S/c20-15-6-2-1-5-13(15)17-14-8-7-12(19(21)22)11-16(14)25(23,24)18-9-3-4-10-18/h7-8,11,13,15,17,20H,1-6,9-10H2/t13-,15-/m0/s1. The molecule has 2 N–H and O–H groups in total. The molecule has 0 spiro atoms. The van der Waals surface area contributed by atoms with Gasteiger partial charge in [0.05, 0.1) is 22.8 Å². The Morgan fingerprint density at radius 2 is 1.84 bits per heavy atom. The van der Waals surface area contributed by atoms with Crippen molar-refractivity contribution in [3.05, 3.63) is 28.3 Å². The van der Waals surface area contributed by atoms with Gasteiger partial charge in [-0.1, -0.05) is 12.8 Å². The highest BCUT2D eigenvalue weighted by Crippen LogP contribution is 2.32. The lowest BCUT2D eigenvalue weighted by molar-refractivity contribution is -0.385. The summed E-state index contributed by atoms with van der Waals surface area (Å²) < 4.78 is 27.3. The van der Waals surface area contributed by atoms with Crippen molar-refractivity contribution in [3.8, 4) is 0 Å². The van der Waals surface area contributed by atoms with E-state index in [9.17, 15) is 23.6 Å². The van der Waals surface area contributed by atoms with Crippen molar-refractivity contribution in [3.63, 3.8) is 0 Å². The lowest BCUT2D eigenvalue weighted by Crippen LogP contribution is -2.37.